The van der Waals surface area contributed by atoms with Crippen LogP contribution in [0.3, 0.4) is 0 Å². The van der Waals surface area contributed by atoms with Gasteiger partial charge in [0, 0.05) is 21.5 Å². The summed E-state index contributed by atoms with van der Waals surface area (Å²) in [4.78, 5) is 12.5. The van der Waals surface area contributed by atoms with Gasteiger partial charge in [0.15, 0.2) is 11.5 Å². The van der Waals surface area contributed by atoms with E-state index in [0.29, 0.717) is 32.1 Å². The first-order valence-corrected chi connectivity index (χ1v) is 13.5. The lowest BCUT2D eigenvalue weighted by Crippen LogP contribution is -2.31. The highest BCUT2D eigenvalue weighted by Crippen LogP contribution is 2.54. The molecule has 9 heteroatoms. The maximum Gasteiger partial charge on any atom is 0.338 e. The molecule has 3 atom stereocenters. The van der Waals surface area contributed by atoms with Crippen LogP contribution in [0.1, 0.15) is 45.4 Å². The lowest BCUT2D eigenvalue weighted by molar-refractivity contribution is 0.0598. The van der Waals surface area contributed by atoms with Crippen LogP contribution in [0, 0.1) is 5.92 Å². The Morgan fingerprint density at radius 3 is 2.62 bits per heavy atom. The second kappa shape index (κ2) is 10.8. The Bertz CT molecular complexity index is 1410. The highest BCUT2D eigenvalue weighted by Gasteiger charge is 2.41. The summed E-state index contributed by atoms with van der Waals surface area (Å²) in [5, 5.41) is 5.27. The number of carbonyl (C=O) groups excluding carboxylic acids is 1. The van der Waals surface area contributed by atoms with Crippen LogP contribution >= 0.6 is 50.7 Å². The predicted molar refractivity (Wildman–Crippen MR) is 151 cm³/mol. The third kappa shape index (κ3) is 4.92. The molecule has 0 saturated carbocycles. The van der Waals surface area contributed by atoms with E-state index in [0.717, 1.165) is 33.3 Å². The molecule has 1 N–H and O–H groups in total. The van der Waals surface area contributed by atoms with Crippen LogP contribution in [0.15, 0.2) is 59.1 Å². The van der Waals surface area contributed by atoms with Gasteiger partial charge < -0.3 is 19.5 Å². The third-order valence-electron chi connectivity index (χ3n) is 6.87. The molecule has 0 amide bonds. The molecule has 192 valence electrons. The molecule has 0 spiro atoms. The first-order chi connectivity index (χ1) is 17.8. The van der Waals surface area contributed by atoms with Gasteiger partial charge in [-0.3, -0.25) is 0 Å². The van der Waals surface area contributed by atoms with E-state index in [1.807, 2.05) is 18.2 Å². The Morgan fingerprint density at radius 1 is 1.08 bits per heavy atom. The molecule has 5 nitrogen and oxygen atoms in total. The summed E-state index contributed by atoms with van der Waals surface area (Å²) in [7, 11) is 3.00. The fraction of sp³-hybridized carbons (Fsp3) is 0.250. The van der Waals surface area contributed by atoms with Gasteiger partial charge >= 0.3 is 5.97 Å². The zero-order valence-electron chi connectivity index (χ0n) is 20.0. The van der Waals surface area contributed by atoms with Gasteiger partial charge in [0.2, 0.25) is 0 Å². The summed E-state index contributed by atoms with van der Waals surface area (Å²) in [6.07, 6.45) is 5.16. The normalized spacial score (nSPS) is 19.6. The van der Waals surface area contributed by atoms with Crippen molar-refractivity contribution in [2.75, 3.05) is 19.5 Å². The molecule has 0 radical (unpaired) electrons. The lowest BCUT2D eigenvalue weighted by Gasteiger charge is -2.39. The van der Waals surface area contributed by atoms with E-state index in [1.54, 1.807) is 31.4 Å². The number of allylic oxidation sites excluding steroid dienone is 2. The zero-order valence-corrected chi connectivity index (χ0v) is 23.8. The Hall–Kier alpha value is -2.38. The Kier molecular flexibility index (Phi) is 7.64. The van der Waals surface area contributed by atoms with Crippen molar-refractivity contribution < 1.29 is 19.0 Å². The first kappa shape index (κ1) is 26.2. The van der Waals surface area contributed by atoms with Gasteiger partial charge in [-0.05, 0) is 75.8 Å². The number of rotatable bonds is 6. The summed E-state index contributed by atoms with van der Waals surface area (Å²) in [6.45, 7) is 0.250. The number of nitrogens with one attached hydrogen (secondary N) is 1. The van der Waals surface area contributed by atoms with Crippen LogP contribution in [-0.2, 0) is 11.3 Å². The summed E-state index contributed by atoms with van der Waals surface area (Å²) in [6, 6.07) is 12.7. The van der Waals surface area contributed by atoms with Crippen molar-refractivity contribution in [1.82, 2.24) is 0 Å². The summed E-state index contributed by atoms with van der Waals surface area (Å²) < 4.78 is 17.6. The monoisotopic (exact) mass is 621 g/mol. The number of hydrogen-bond donors (Lipinski definition) is 1. The molecule has 3 aromatic carbocycles. The zero-order chi connectivity index (χ0) is 26.3. The number of ether oxygens (including phenoxy) is 3. The number of hydrogen-bond acceptors (Lipinski definition) is 5. The van der Waals surface area contributed by atoms with Gasteiger partial charge in [-0.25, -0.2) is 4.79 Å². The van der Waals surface area contributed by atoms with Gasteiger partial charge in [-0.1, -0.05) is 53.0 Å². The molecule has 2 aliphatic rings. The third-order valence-corrected chi connectivity index (χ3v) is 8.36. The van der Waals surface area contributed by atoms with Crippen molar-refractivity contribution >= 4 is 62.4 Å². The van der Waals surface area contributed by atoms with Crippen LogP contribution < -0.4 is 14.8 Å². The van der Waals surface area contributed by atoms with E-state index in [-0.39, 0.29) is 30.5 Å². The minimum absolute atomic E-state index is 0.0155. The number of halogens is 4. The molecule has 3 aromatic rings. The van der Waals surface area contributed by atoms with Crippen LogP contribution in [0.2, 0.25) is 15.1 Å². The Labute approximate surface area is 238 Å². The summed E-state index contributed by atoms with van der Waals surface area (Å²) >= 11 is 22.6. The number of esters is 1. The Morgan fingerprint density at radius 2 is 1.89 bits per heavy atom. The molecule has 0 fully saturated rings. The van der Waals surface area contributed by atoms with Crippen molar-refractivity contribution in [3.8, 4) is 11.5 Å². The van der Waals surface area contributed by atoms with Crippen LogP contribution in [0.5, 0.6) is 11.5 Å². The molecule has 37 heavy (non-hydrogen) atoms. The van der Waals surface area contributed by atoms with Gasteiger partial charge in [-0.2, -0.15) is 0 Å². The first-order valence-electron chi connectivity index (χ1n) is 11.6. The molecule has 5 rings (SSSR count). The van der Waals surface area contributed by atoms with Crippen LogP contribution in [-0.4, -0.2) is 20.2 Å². The molecular weight excluding hydrogens is 601 g/mol. The maximum atomic E-state index is 12.5. The van der Waals surface area contributed by atoms with Crippen molar-refractivity contribution in [3.63, 3.8) is 0 Å². The van der Waals surface area contributed by atoms with Crippen molar-refractivity contribution in [2.45, 2.75) is 25.0 Å². The molecule has 1 aliphatic carbocycles. The fourth-order valence-electron chi connectivity index (χ4n) is 5.14. The largest absolute Gasteiger partial charge is 0.493 e. The van der Waals surface area contributed by atoms with E-state index >= 15 is 0 Å². The van der Waals surface area contributed by atoms with Crippen molar-refractivity contribution in [1.29, 1.82) is 0 Å². The minimum Gasteiger partial charge on any atom is -0.493 e. The molecular formula is C28H23BrCl3NO4. The second-order valence-electron chi connectivity index (χ2n) is 8.91. The maximum absolute atomic E-state index is 12.5. The van der Waals surface area contributed by atoms with E-state index < -0.39 is 0 Å². The number of carbonyl (C=O) groups is 1. The lowest BCUT2D eigenvalue weighted by atomic mass is 9.75. The standard InChI is InChI=1S/C28H23BrCl3NO4/c1-35-23-11-15(10-20(29)27(23)37-13-14-6-7-16(30)12-22(14)32)25-18-5-3-4-17(18)24-19(28(34)36-2)8-9-21(31)26(24)33-25/h3-4,6-12,17-18,25,33H,5,13H2,1-2H3/t17-,18+,25-/m1/s1. The number of anilines is 1. The highest BCUT2D eigenvalue weighted by molar-refractivity contribution is 9.10. The van der Waals surface area contributed by atoms with Crippen molar-refractivity contribution in [2.24, 2.45) is 5.92 Å². The molecule has 1 aliphatic heterocycles. The van der Waals surface area contributed by atoms with Gasteiger partial charge in [-0.15, -0.1) is 0 Å². The minimum atomic E-state index is -0.376. The van der Waals surface area contributed by atoms with Crippen LogP contribution in [0.4, 0.5) is 5.69 Å². The molecule has 0 unspecified atom stereocenters. The second-order valence-corrected chi connectivity index (χ2v) is 11.0. The van der Waals surface area contributed by atoms with Crippen molar-refractivity contribution in [3.05, 3.63) is 96.4 Å². The highest BCUT2D eigenvalue weighted by atomic mass is 79.9. The number of benzene rings is 3. The van der Waals surface area contributed by atoms with E-state index in [1.165, 1.54) is 7.11 Å². The average Bonchev–Trinajstić information content (AvgIpc) is 3.38. The molecule has 0 saturated heterocycles. The van der Waals surface area contributed by atoms with Gasteiger partial charge in [0.05, 0.1) is 41.0 Å². The molecule has 0 aromatic heterocycles. The fourth-order valence-corrected chi connectivity index (χ4v) is 6.40. The van der Waals surface area contributed by atoms with Gasteiger partial charge in [0.1, 0.15) is 6.61 Å². The Balaban J connectivity index is 1.50. The summed E-state index contributed by atoms with van der Waals surface area (Å²) in [5.41, 5.74) is 3.96. The summed E-state index contributed by atoms with van der Waals surface area (Å²) in [5.74, 6) is 0.964. The molecule has 1 heterocycles. The quantitative estimate of drug-likeness (QED) is 0.220. The number of methoxy groups -OCH3 is 2. The topological polar surface area (TPSA) is 56.8 Å². The SMILES string of the molecule is COC(=O)c1ccc(Cl)c2c1[C@@H]1C=CC[C@@H]1[C@@H](c1cc(Br)c(OCc3ccc(Cl)cc3Cl)c(OC)c1)N2. The van der Waals surface area contributed by atoms with E-state index in [4.69, 9.17) is 49.0 Å². The van der Waals surface area contributed by atoms with Crippen LogP contribution in [0.25, 0.3) is 0 Å². The van der Waals surface area contributed by atoms with E-state index in [9.17, 15) is 4.79 Å². The smallest absolute Gasteiger partial charge is 0.338 e. The number of fused-ring (bicyclic) bond motifs is 3. The average molecular weight is 624 g/mol. The predicted octanol–water partition coefficient (Wildman–Crippen LogP) is 8.61. The van der Waals surface area contributed by atoms with E-state index in [2.05, 4.69) is 33.4 Å². The molecule has 0 bridgehead atoms. The van der Waals surface area contributed by atoms with Gasteiger partial charge in [0.25, 0.3) is 0 Å².